The standard InChI is InChI=1S/C18H13N5O/c1-19-12-8-9-13-14(10-12)21-18(20-13)16-17(24)15(22-23(16)2)11-6-4-3-5-7-11/h3-10,24H,2H3,(H,20,21). The summed E-state index contributed by atoms with van der Waals surface area (Å²) in [6.45, 7) is 7.09. The van der Waals surface area contributed by atoms with Gasteiger partial charge in [0.05, 0.1) is 17.6 Å². The molecule has 2 aromatic carbocycles. The minimum Gasteiger partial charge on any atom is -0.504 e. The van der Waals surface area contributed by atoms with E-state index in [0.29, 0.717) is 22.9 Å². The summed E-state index contributed by atoms with van der Waals surface area (Å²) in [5, 5.41) is 15.1. The molecule has 0 aliphatic carbocycles. The van der Waals surface area contributed by atoms with Crippen molar-refractivity contribution in [2.45, 2.75) is 0 Å². The van der Waals surface area contributed by atoms with Crippen LogP contribution >= 0.6 is 0 Å². The smallest absolute Gasteiger partial charge is 0.189 e. The van der Waals surface area contributed by atoms with Gasteiger partial charge in [-0.05, 0) is 12.1 Å². The van der Waals surface area contributed by atoms with Crippen molar-refractivity contribution in [3.8, 4) is 28.5 Å². The van der Waals surface area contributed by atoms with Crippen LogP contribution in [0, 0.1) is 6.57 Å². The van der Waals surface area contributed by atoms with Gasteiger partial charge in [-0.2, -0.15) is 5.10 Å². The lowest BCUT2D eigenvalue weighted by Gasteiger charge is -1.98. The molecule has 24 heavy (non-hydrogen) atoms. The van der Waals surface area contributed by atoms with Crippen molar-refractivity contribution < 1.29 is 5.11 Å². The van der Waals surface area contributed by atoms with Crippen LogP contribution in [-0.2, 0) is 7.05 Å². The molecule has 0 spiro atoms. The lowest BCUT2D eigenvalue weighted by molar-refractivity contribution is 0.478. The van der Waals surface area contributed by atoms with Crippen LogP contribution in [0.25, 0.3) is 38.7 Å². The fourth-order valence-corrected chi connectivity index (χ4v) is 2.75. The van der Waals surface area contributed by atoms with Gasteiger partial charge in [0.15, 0.2) is 17.3 Å². The molecule has 0 fully saturated rings. The summed E-state index contributed by atoms with van der Waals surface area (Å²) in [7, 11) is 1.76. The molecular formula is C18H13N5O. The van der Waals surface area contributed by atoms with Crippen molar-refractivity contribution in [2.24, 2.45) is 7.05 Å². The zero-order valence-corrected chi connectivity index (χ0v) is 12.9. The monoisotopic (exact) mass is 315 g/mol. The summed E-state index contributed by atoms with van der Waals surface area (Å²) in [6, 6.07) is 14.8. The third-order valence-corrected chi connectivity index (χ3v) is 3.89. The Morgan fingerprint density at radius 2 is 1.96 bits per heavy atom. The quantitative estimate of drug-likeness (QED) is 0.551. The average molecular weight is 315 g/mol. The topological polar surface area (TPSA) is 71.1 Å². The third-order valence-electron chi connectivity index (χ3n) is 3.89. The minimum absolute atomic E-state index is 0.0770. The van der Waals surface area contributed by atoms with E-state index < -0.39 is 0 Å². The number of benzene rings is 2. The van der Waals surface area contributed by atoms with E-state index in [2.05, 4.69) is 19.9 Å². The molecule has 116 valence electrons. The summed E-state index contributed by atoms with van der Waals surface area (Å²) in [5.74, 6) is 0.593. The molecule has 0 aliphatic rings. The number of aryl methyl sites for hydroxylation is 1. The van der Waals surface area contributed by atoms with Crippen LogP contribution in [0.15, 0.2) is 48.5 Å². The molecule has 0 bridgehead atoms. The Kier molecular flexibility index (Phi) is 3.07. The number of H-pyrrole nitrogens is 1. The normalized spacial score (nSPS) is 10.8. The molecule has 4 rings (SSSR count). The van der Waals surface area contributed by atoms with Gasteiger partial charge in [0.1, 0.15) is 11.4 Å². The number of nitrogens with zero attached hydrogens (tertiary/aromatic N) is 4. The maximum absolute atomic E-state index is 10.7. The van der Waals surface area contributed by atoms with Gasteiger partial charge in [-0.25, -0.2) is 9.83 Å². The Morgan fingerprint density at radius 3 is 2.71 bits per heavy atom. The third kappa shape index (κ3) is 2.11. The van der Waals surface area contributed by atoms with E-state index >= 15 is 0 Å². The second-order valence-corrected chi connectivity index (χ2v) is 5.43. The minimum atomic E-state index is 0.0770. The first kappa shape index (κ1) is 14.0. The van der Waals surface area contributed by atoms with Gasteiger partial charge in [-0.3, -0.25) is 4.68 Å². The average Bonchev–Trinajstić information content (AvgIpc) is 3.15. The van der Waals surface area contributed by atoms with E-state index in [-0.39, 0.29) is 5.75 Å². The van der Waals surface area contributed by atoms with E-state index in [1.165, 1.54) is 0 Å². The number of nitrogens with one attached hydrogen (secondary N) is 1. The summed E-state index contributed by atoms with van der Waals surface area (Å²) in [6.07, 6.45) is 0. The van der Waals surface area contributed by atoms with Crippen molar-refractivity contribution in [1.82, 2.24) is 19.7 Å². The molecule has 2 N–H and O–H groups in total. The second kappa shape index (κ2) is 5.25. The molecule has 0 saturated carbocycles. The molecule has 0 unspecified atom stereocenters. The van der Waals surface area contributed by atoms with Crippen LogP contribution in [0.1, 0.15) is 0 Å². The Bertz CT molecular complexity index is 1090. The number of aromatic amines is 1. The van der Waals surface area contributed by atoms with Crippen LogP contribution in [0.3, 0.4) is 0 Å². The number of aromatic nitrogens is 4. The van der Waals surface area contributed by atoms with Gasteiger partial charge in [0, 0.05) is 12.6 Å². The summed E-state index contributed by atoms with van der Waals surface area (Å²) in [5.41, 5.74) is 3.88. The Balaban J connectivity index is 1.88. The van der Waals surface area contributed by atoms with Crippen molar-refractivity contribution in [3.05, 3.63) is 59.9 Å². The highest BCUT2D eigenvalue weighted by atomic mass is 16.3. The van der Waals surface area contributed by atoms with Crippen LogP contribution < -0.4 is 0 Å². The lowest BCUT2D eigenvalue weighted by atomic mass is 10.1. The van der Waals surface area contributed by atoms with E-state index in [0.717, 1.165) is 16.6 Å². The number of hydrogen-bond acceptors (Lipinski definition) is 3. The fraction of sp³-hybridized carbons (Fsp3) is 0.0556. The molecule has 0 atom stereocenters. The maximum Gasteiger partial charge on any atom is 0.189 e. The number of imidazole rings is 1. The molecule has 2 heterocycles. The molecule has 4 aromatic rings. The molecule has 0 aliphatic heterocycles. The molecule has 6 nitrogen and oxygen atoms in total. The largest absolute Gasteiger partial charge is 0.504 e. The Hall–Kier alpha value is -3.59. The molecular weight excluding hydrogens is 302 g/mol. The molecule has 0 amide bonds. The predicted octanol–water partition coefficient (Wildman–Crippen LogP) is 3.89. The van der Waals surface area contributed by atoms with Gasteiger partial charge in [-0.1, -0.05) is 36.4 Å². The van der Waals surface area contributed by atoms with Gasteiger partial charge in [-0.15, -0.1) is 0 Å². The molecule has 0 saturated heterocycles. The second-order valence-electron chi connectivity index (χ2n) is 5.43. The summed E-state index contributed by atoms with van der Waals surface area (Å²) >= 11 is 0. The van der Waals surface area contributed by atoms with Crippen molar-refractivity contribution in [2.75, 3.05) is 0 Å². The van der Waals surface area contributed by atoms with Gasteiger partial charge >= 0.3 is 0 Å². The van der Waals surface area contributed by atoms with Crippen LogP contribution in [0.5, 0.6) is 5.75 Å². The Labute approximate surface area is 137 Å². The highest BCUT2D eigenvalue weighted by Gasteiger charge is 2.20. The van der Waals surface area contributed by atoms with Crippen LogP contribution in [0.2, 0.25) is 0 Å². The van der Waals surface area contributed by atoms with E-state index in [4.69, 9.17) is 6.57 Å². The van der Waals surface area contributed by atoms with Crippen molar-refractivity contribution in [1.29, 1.82) is 0 Å². The number of fused-ring (bicyclic) bond motifs is 1. The van der Waals surface area contributed by atoms with Gasteiger partial charge < -0.3 is 10.1 Å². The van der Waals surface area contributed by atoms with E-state index in [9.17, 15) is 5.11 Å². The van der Waals surface area contributed by atoms with Crippen molar-refractivity contribution in [3.63, 3.8) is 0 Å². The first-order chi connectivity index (χ1) is 11.7. The van der Waals surface area contributed by atoms with E-state index in [1.807, 2.05) is 30.3 Å². The SMILES string of the molecule is [C-]#[N+]c1ccc2nc(-c3c(O)c(-c4ccccc4)nn3C)[nH]c2c1. The zero-order valence-electron chi connectivity index (χ0n) is 12.9. The summed E-state index contributed by atoms with van der Waals surface area (Å²) < 4.78 is 1.60. The zero-order chi connectivity index (χ0) is 16.7. The lowest BCUT2D eigenvalue weighted by Crippen LogP contribution is -1.95. The number of rotatable bonds is 2. The Morgan fingerprint density at radius 1 is 1.17 bits per heavy atom. The molecule has 0 radical (unpaired) electrons. The first-order valence-electron chi connectivity index (χ1n) is 7.36. The van der Waals surface area contributed by atoms with Gasteiger partial charge in [0.25, 0.3) is 0 Å². The first-order valence-corrected chi connectivity index (χ1v) is 7.36. The van der Waals surface area contributed by atoms with Crippen LogP contribution in [-0.4, -0.2) is 24.9 Å². The van der Waals surface area contributed by atoms with Crippen molar-refractivity contribution >= 4 is 16.7 Å². The highest BCUT2D eigenvalue weighted by molar-refractivity contribution is 5.84. The molecule has 2 aromatic heterocycles. The fourth-order valence-electron chi connectivity index (χ4n) is 2.75. The molecule has 6 heteroatoms. The van der Waals surface area contributed by atoms with Crippen LogP contribution in [0.4, 0.5) is 5.69 Å². The maximum atomic E-state index is 10.7. The number of hydrogen-bond donors (Lipinski definition) is 2. The predicted molar refractivity (Wildman–Crippen MR) is 91.7 cm³/mol. The van der Waals surface area contributed by atoms with Gasteiger partial charge in [0.2, 0.25) is 0 Å². The summed E-state index contributed by atoms with van der Waals surface area (Å²) in [4.78, 5) is 11.1. The number of aromatic hydroxyl groups is 1. The van der Waals surface area contributed by atoms with E-state index in [1.54, 1.807) is 29.9 Å². The highest BCUT2D eigenvalue weighted by Crippen LogP contribution is 2.37.